The SMILES string of the molecule is Nc1ccc(F)cc1SCc1cccc(Cl)c1. The fraction of sp³-hybridized carbons (Fsp3) is 0.0769. The van der Waals surface area contributed by atoms with Gasteiger partial charge < -0.3 is 5.73 Å². The first-order valence-corrected chi connectivity index (χ1v) is 6.44. The summed E-state index contributed by atoms with van der Waals surface area (Å²) >= 11 is 7.39. The number of hydrogen-bond donors (Lipinski definition) is 1. The van der Waals surface area contributed by atoms with Crippen LogP contribution in [0.2, 0.25) is 5.02 Å². The van der Waals surface area contributed by atoms with E-state index in [-0.39, 0.29) is 5.82 Å². The van der Waals surface area contributed by atoms with Crippen LogP contribution >= 0.6 is 23.4 Å². The summed E-state index contributed by atoms with van der Waals surface area (Å²) in [7, 11) is 0. The van der Waals surface area contributed by atoms with Crippen molar-refractivity contribution >= 4 is 29.1 Å². The van der Waals surface area contributed by atoms with E-state index in [0.717, 1.165) is 10.5 Å². The summed E-state index contributed by atoms with van der Waals surface area (Å²) in [4.78, 5) is 0.755. The second-order valence-corrected chi connectivity index (χ2v) is 5.05. The fourth-order valence-corrected chi connectivity index (χ4v) is 2.57. The van der Waals surface area contributed by atoms with Gasteiger partial charge in [0.2, 0.25) is 0 Å². The molecule has 0 fully saturated rings. The van der Waals surface area contributed by atoms with Gasteiger partial charge in [-0.1, -0.05) is 23.7 Å². The summed E-state index contributed by atoms with van der Waals surface area (Å²) < 4.78 is 13.0. The molecule has 88 valence electrons. The summed E-state index contributed by atoms with van der Waals surface area (Å²) in [6.07, 6.45) is 0. The maximum Gasteiger partial charge on any atom is 0.124 e. The van der Waals surface area contributed by atoms with E-state index in [9.17, 15) is 4.39 Å². The lowest BCUT2D eigenvalue weighted by Crippen LogP contribution is -1.90. The summed E-state index contributed by atoms with van der Waals surface area (Å²) in [6, 6.07) is 12.0. The molecular weight excluding hydrogens is 257 g/mol. The molecule has 0 amide bonds. The van der Waals surface area contributed by atoms with Gasteiger partial charge in [-0.2, -0.15) is 0 Å². The Morgan fingerprint density at radius 2 is 2.00 bits per heavy atom. The standard InChI is InChI=1S/C13H11ClFNS/c14-10-3-1-2-9(6-10)8-17-13-7-11(15)4-5-12(13)16/h1-7H,8,16H2. The summed E-state index contributed by atoms with van der Waals surface area (Å²) in [5.74, 6) is 0.446. The Balaban J connectivity index is 2.09. The smallest absolute Gasteiger partial charge is 0.124 e. The molecule has 0 aliphatic rings. The van der Waals surface area contributed by atoms with Crippen molar-refractivity contribution in [3.8, 4) is 0 Å². The van der Waals surface area contributed by atoms with Crippen LogP contribution < -0.4 is 5.73 Å². The van der Waals surface area contributed by atoms with Crippen LogP contribution in [-0.2, 0) is 5.75 Å². The van der Waals surface area contributed by atoms with Crippen molar-refractivity contribution in [3.05, 3.63) is 58.9 Å². The minimum Gasteiger partial charge on any atom is -0.398 e. The maximum atomic E-state index is 13.0. The molecule has 0 saturated carbocycles. The van der Waals surface area contributed by atoms with Crippen LogP contribution in [-0.4, -0.2) is 0 Å². The monoisotopic (exact) mass is 267 g/mol. The Morgan fingerprint density at radius 1 is 1.18 bits per heavy atom. The Morgan fingerprint density at radius 3 is 2.76 bits per heavy atom. The predicted molar refractivity (Wildman–Crippen MR) is 71.8 cm³/mol. The molecule has 0 aliphatic carbocycles. The lowest BCUT2D eigenvalue weighted by atomic mass is 10.2. The zero-order valence-electron chi connectivity index (χ0n) is 8.99. The second-order valence-electron chi connectivity index (χ2n) is 3.60. The van der Waals surface area contributed by atoms with Gasteiger partial charge in [-0.3, -0.25) is 0 Å². The van der Waals surface area contributed by atoms with Gasteiger partial charge >= 0.3 is 0 Å². The van der Waals surface area contributed by atoms with E-state index in [0.29, 0.717) is 16.5 Å². The average Bonchev–Trinajstić information content (AvgIpc) is 2.30. The maximum absolute atomic E-state index is 13.0. The Hall–Kier alpha value is -1.19. The van der Waals surface area contributed by atoms with Crippen molar-refractivity contribution in [3.63, 3.8) is 0 Å². The minimum absolute atomic E-state index is 0.271. The van der Waals surface area contributed by atoms with E-state index in [1.165, 1.54) is 23.9 Å². The molecule has 17 heavy (non-hydrogen) atoms. The highest BCUT2D eigenvalue weighted by atomic mass is 35.5. The van der Waals surface area contributed by atoms with Crippen LogP contribution in [0.15, 0.2) is 47.4 Å². The van der Waals surface area contributed by atoms with Gasteiger partial charge in [0.1, 0.15) is 5.82 Å². The van der Waals surface area contributed by atoms with Crippen LogP contribution in [0.3, 0.4) is 0 Å². The number of thioether (sulfide) groups is 1. The highest BCUT2D eigenvalue weighted by molar-refractivity contribution is 7.98. The molecule has 2 aromatic carbocycles. The van der Waals surface area contributed by atoms with Gasteiger partial charge in [0.25, 0.3) is 0 Å². The molecule has 0 aromatic heterocycles. The average molecular weight is 268 g/mol. The Bertz CT molecular complexity index is 531. The summed E-state index contributed by atoms with van der Waals surface area (Å²) in [5.41, 5.74) is 7.45. The molecule has 0 unspecified atom stereocenters. The van der Waals surface area contributed by atoms with Crippen molar-refractivity contribution in [1.29, 1.82) is 0 Å². The molecule has 0 aliphatic heterocycles. The van der Waals surface area contributed by atoms with E-state index < -0.39 is 0 Å². The molecule has 0 atom stereocenters. The van der Waals surface area contributed by atoms with E-state index in [1.54, 1.807) is 6.07 Å². The van der Waals surface area contributed by atoms with Crippen molar-refractivity contribution < 1.29 is 4.39 Å². The van der Waals surface area contributed by atoms with E-state index >= 15 is 0 Å². The largest absolute Gasteiger partial charge is 0.398 e. The molecular formula is C13H11ClFNS. The molecule has 2 rings (SSSR count). The number of nitrogens with two attached hydrogens (primary N) is 1. The van der Waals surface area contributed by atoms with Crippen molar-refractivity contribution in [2.45, 2.75) is 10.6 Å². The van der Waals surface area contributed by atoms with Gasteiger partial charge in [-0.15, -0.1) is 11.8 Å². The zero-order valence-corrected chi connectivity index (χ0v) is 10.6. The molecule has 4 heteroatoms. The lowest BCUT2D eigenvalue weighted by Gasteiger charge is -2.05. The number of halogens is 2. The first kappa shape index (κ1) is 12.3. The quantitative estimate of drug-likeness (QED) is 0.661. The number of benzene rings is 2. The molecule has 0 bridgehead atoms. The van der Waals surface area contributed by atoms with Gasteiger partial charge in [0.05, 0.1) is 0 Å². The first-order valence-electron chi connectivity index (χ1n) is 5.07. The third kappa shape index (κ3) is 3.38. The van der Waals surface area contributed by atoms with Crippen LogP contribution in [0.4, 0.5) is 10.1 Å². The van der Waals surface area contributed by atoms with Crippen LogP contribution in [0, 0.1) is 5.82 Å². The third-order valence-corrected chi connectivity index (χ3v) is 3.64. The second kappa shape index (κ2) is 5.43. The molecule has 1 nitrogen and oxygen atoms in total. The van der Waals surface area contributed by atoms with Crippen LogP contribution in [0.1, 0.15) is 5.56 Å². The van der Waals surface area contributed by atoms with Gasteiger partial charge in [0, 0.05) is 21.4 Å². The third-order valence-electron chi connectivity index (χ3n) is 2.26. The fourth-order valence-electron chi connectivity index (χ4n) is 1.42. The molecule has 2 aromatic rings. The number of hydrogen-bond acceptors (Lipinski definition) is 2. The van der Waals surface area contributed by atoms with E-state index in [2.05, 4.69) is 0 Å². The van der Waals surface area contributed by atoms with E-state index in [4.69, 9.17) is 17.3 Å². The molecule has 0 spiro atoms. The Labute approximate surface area is 109 Å². The number of anilines is 1. The molecule has 2 N–H and O–H groups in total. The molecule has 0 radical (unpaired) electrons. The van der Waals surface area contributed by atoms with Crippen molar-refractivity contribution in [1.82, 2.24) is 0 Å². The summed E-state index contributed by atoms with van der Waals surface area (Å²) in [5, 5.41) is 0.704. The number of nitrogen functional groups attached to an aromatic ring is 1. The van der Waals surface area contributed by atoms with Crippen molar-refractivity contribution in [2.75, 3.05) is 5.73 Å². The molecule has 0 saturated heterocycles. The van der Waals surface area contributed by atoms with Crippen LogP contribution in [0.5, 0.6) is 0 Å². The predicted octanol–water partition coefficient (Wildman–Crippen LogP) is 4.35. The lowest BCUT2D eigenvalue weighted by molar-refractivity contribution is 0.624. The van der Waals surface area contributed by atoms with Crippen molar-refractivity contribution in [2.24, 2.45) is 0 Å². The van der Waals surface area contributed by atoms with Gasteiger partial charge in [-0.05, 0) is 35.9 Å². The van der Waals surface area contributed by atoms with E-state index in [1.807, 2.05) is 24.3 Å². The Kier molecular flexibility index (Phi) is 3.92. The summed E-state index contributed by atoms with van der Waals surface area (Å²) in [6.45, 7) is 0. The highest BCUT2D eigenvalue weighted by Crippen LogP contribution is 2.29. The zero-order chi connectivity index (χ0) is 12.3. The topological polar surface area (TPSA) is 26.0 Å². The van der Waals surface area contributed by atoms with Gasteiger partial charge in [-0.25, -0.2) is 4.39 Å². The molecule has 0 heterocycles. The van der Waals surface area contributed by atoms with Crippen LogP contribution in [0.25, 0.3) is 0 Å². The minimum atomic E-state index is -0.271. The van der Waals surface area contributed by atoms with Gasteiger partial charge in [0.15, 0.2) is 0 Å². The first-order chi connectivity index (χ1) is 8.15. The highest BCUT2D eigenvalue weighted by Gasteiger charge is 2.03. The normalized spacial score (nSPS) is 10.5. The number of rotatable bonds is 3.